The number of anilines is 2. The van der Waals surface area contributed by atoms with Gasteiger partial charge in [0.2, 0.25) is 5.91 Å². The fourth-order valence-corrected chi connectivity index (χ4v) is 4.44. The van der Waals surface area contributed by atoms with E-state index >= 15 is 0 Å². The van der Waals surface area contributed by atoms with Crippen molar-refractivity contribution in [3.8, 4) is 0 Å². The number of rotatable bonds is 5. The van der Waals surface area contributed by atoms with Gasteiger partial charge in [-0.05, 0) is 54.8 Å². The monoisotopic (exact) mass is 482 g/mol. The molecule has 9 nitrogen and oxygen atoms in total. The summed E-state index contributed by atoms with van der Waals surface area (Å²) in [5.41, 5.74) is -5.96. The van der Waals surface area contributed by atoms with Gasteiger partial charge in [-0.25, -0.2) is 23.1 Å². The first-order chi connectivity index (χ1) is 15.4. The van der Waals surface area contributed by atoms with Crippen LogP contribution in [-0.4, -0.2) is 47.2 Å². The van der Waals surface area contributed by atoms with E-state index in [1.807, 2.05) is 0 Å². The van der Waals surface area contributed by atoms with E-state index in [-0.39, 0.29) is 24.0 Å². The van der Waals surface area contributed by atoms with Gasteiger partial charge in [-0.1, -0.05) is 0 Å². The summed E-state index contributed by atoms with van der Waals surface area (Å²) in [5, 5.41) is 2.53. The van der Waals surface area contributed by atoms with E-state index < -0.39 is 37.7 Å². The van der Waals surface area contributed by atoms with Crippen molar-refractivity contribution in [2.24, 2.45) is 0 Å². The molecule has 0 radical (unpaired) electrons. The van der Waals surface area contributed by atoms with E-state index in [0.717, 1.165) is 17.0 Å². The molecule has 33 heavy (non-hydrogen) atoms. The van der Waals surface area contributed by atoms with Gasteiger partial charge in [-0.2, -0.15) is 13.2 Å². The van der Waals surface area contributed by atoms with Crippen molar-refractivity contribution in [3.05, 3.63) is 48.2 Å². The predicted octanol–water partition coefficient (Wildman–Crippen LogP) is 2.83. The quantitative estimate of drug-likeness (QED) is 0.655. The zero-order valence-electron chi connectivity index (χ0n) is 17.1. The number of alkyl halides is 3. The molecule has 0 unspecified atom stereocenters. The fraction of sp³-hybridized carbons (Fsp3) is 0.300. The minimum atomic E-state index is -5.55. The van der Waals surface area contributed by atoms with Crippen LogP contribution >= 0.6 is 0 Å². The number of hydrogen-bond acceptors (Lipinski definition) is 6. The number of aromatic nitrogens is 1. The molecule has 0 bridgehead atoms. The Morgan fingerprint density at radius 2 is 1.79 bits per heavy atom. The number of halogens is 3. The number of amides is 4. The second-order valence-electron chi connectivity index (χ2n) is 7.71. The summed E-state index contributed by atoms with van der Waals surface area (Å²) < 4.78 is 61.4. The molecule has 1 aromatic heterocycles. The number of imide groups is 1. The first kappa shape index (κ1) is 22.7. The Bertz CT molecular complexity index is 1260. The second-order valence-corrected chi connectivity index (χ2v) is 9.66. The molecule has 1 saturated heterocycles. The van der Waals surface area contributed by atoms with Crippen LogP contribution in [0, 0.1) is 0 Å². The molecule has 2 heterocycles. The molecule has 1 N–H and O–H groups in total. The zero-order valence-corrected chi connectivity index (χ0v) is 17.9. The van der Waals surface area contributed by atoms with Crippen molar-refractivity contribution in [1.29, 1.82) is 0 Å². The van der Waals surface area contributed by atoms with Gasteiger partial charge >= 0.3 is 11.5 Å². The highest BCUT2D eigenvalue weighted by Crippen LogP contribution is 2.49. The molecule has 2 fully saturated rings. The van der Waals surface area contributed by atoms with Crippen molar-refractivity contribution in [3.63, 3.8) is 0 Å². The van der Waals surface area contributed by atoms with Gasteiger partial charge in [0.25, 0.3) is 15.7 Å². The molecule has 4 amide bonds. The van der Waals surface area contributed by atoms with Crippen LogP contribution in [0.2, 0.25) is 0 Å². The Hall–Kier alpha value is -3.48. The summed E-state index contributed by atoms with van der Waals surface area (Å²) in [5.74, 6) is -0.580. The Morgan fingerprint density at radius 3 is 2.33 bits per heavy atom. The number of hydrogen-bond donors (Lipinski definition) is 1. The minimum absolute atomic E-state index is 0.0337. The Labute approximate surface area is 186 Å². The fourth-order valence-electron chi connectivity index (χ4n) is 3.67. The summed E-state index contributed by atoms with van der Waals surface area (Å²) in [4.78, 5) is 42.7. The maximum absolute atomic E-state index is 13.1. The highest BCUT2D eigenvalue weighted by atomic mass is 32.2. The van der Waals surface area contributed by atoms with Crippen LogP contribution in [0.4, 0.5) is 29.5 Å². The number of benzene rings is 1. The van der Waals surface area contributed by atoms with Crippen molar-refractivity contribution < 1.29 is 36.0 Å². The first-order valence-corrected chi connectivity index (χ1v) is 11.2. The third kappa shape index (κ3) is 3.81. The van der Waals surface area contributed by atoms with Crippen LogP contribution in [-0.2, 0) is 26.0 Å². The Morgan fingerprint density at radius 1 is 1.15 bits per heavy atom. The highest BCUT2D eigenvalue weighted by molar-refractivity contribution is 7.92. The molecule has 174 valence electrons. The van der Waals surface area contributed by atoms with Crippen LogP contribution in [0.3, 0.4) is 0 Å². The SMILES string of the molecule is CC(=O)Nc1cc(CN2C(=O)N(c3ccc(S(=O)(=O)C(F)(F)F)cc3)C(=O)C23CC3)ccn1. The lowest BCUT2D eigenvalue weighted by Crippen LogP contribution is -2.36. The Kier molecular flexibility index (Phi) is 5.19. The van der Waals surface area contributed by atoms with Gasteiger partial charge in [-0.3, -0.25) is 9.59 Å². The second kappa shape index (κ2) is 7.54. The molecule has 1 saturated carbocycles. The molecule has 2 aromatic rings. The third-order valence-electron chi connectivity index (χ3n) is 5.44. The molecule has 4 rings (SSSR count). The summed E-state index contributed by atoms with van der Waals surface area (Å²) in [6, 6.07) is 5.92. The molecular formula is C20H17F3N4O5S. The molecule has 13 heteroatoms. The molecule has 1 aliphatic carbocycles. The smallest absolute Gasteiger partial charge is 0.311 e. The normalized spacial score (nSPS) is 17.6. The molecule has 0 atom stereocenters. The van der Waals surface area contributed by atoms with E-state index in [9.17, 15) is 36.0 Å². The van der Waals surface area contributed by atoms with E-state index in [2.05, 4.69) is 10.3 Å². The van der Waals surface area contributed by atoms with Crippen molar-refractivity contribution in [1.82, 2.24) is 9.88 Å². The standard InChI is InChI=1S/C20H17F3N4O5S/c1-12(28)25-16-10-13(6-9-24-16)11-26-18(30)27(17(29)19(26)7-8-19)14-2-4-15(5-3-14)33(31,32)20(21,22)23/h2-6,9-10H,7-8,11H2,1H3,(H,24,25,28). The van der Waals surface area contributed by atoms with Crippen molar-refractivity contribution in [2.45, 2.75) is 42.3 Å². The predicted molar refractivity (Wildman–Crippen MR) is 109 cm³/mol. The number of urea groups is 1. The summed E-state index contributed by atoms with van der Waals surface area (Å²) in [6.07, 6.45) is 2.27. The summed E-state index contributed by atoms with van der Waals surface area (Å²) in [6.45, 7) is 1.36. The van der Waals surface area contributed by atoms with Gasteiger partial charge < -0.3 is 10.2 Å². The molecule has 1 aliphatic heterocycles. The van der Waals surface area contributed by atoms with Crippen LogP contribution in [0.1, 0.15) is 25.3 Å². The first-order valence-electron chi connectivity index (χ1n) is 9.67. The minimum Gasteiger partial charge on any atom is -0.311 e. The van der Waals surface area contributed by atoms with Gasteiger partial charge in [0, 0.05) is 19.7 Å². The average Bonchev–Trinajstić information content (AvgIpc) is 3.50. The van der Waals surface area contributed by atoms with Gasteiger partial charge in [0.15, 0.2) is 0 Å². The number of pyridine rings is 1. The molecule has 1 spiro atoms. The number of carbonyl (C=O) groups is 3. The third-order valence-corrected chi connectivity index (χ3v) is 6.94. The van der Waals surface area contributed by atoms with Gasteiger partial charge in [-0.15, -0.1) is 0 Å². The number of nitrogens with one attached hydrogen (secondary N) is 1. The van der Waals surface area contributed by atoms with Gasteiger partial charge in [0.1, 0.15) is 11.4 Å². The maximum atomic E-state index is 13.1. The number of carbonyl (C=O) groups excluding carboxylic acids is 3. The highest BCUT2D eigenvalue weighted by Gasteiger charge is 2.65. The summed E-state index contributed by atoms with van der Waals surface area (Å²) >= 11 is 0. The molecular weight excluding hydrogens is 465 g/mol. The average molecular weight is 482 g/mol. The van der Waals surface area contributed by atoms with Crippen LogP contribution < -0.4 is 10.2 Å². The van der Waals surface area contributed by atoms with Crippen LogP contribution in [0.5, 0.6) is 0 Å². The maximum Gasteiger partial charge on any atom is 0.501 e. The lowest BCUT2D eigenvalue weighted by atomic mass is 10.2. The van der Waals surface area contributed by atoms with E-state index in [1.165, 1.54) is 18.0 Å². The van der Waals surface area contributed by atoms with E-state index in [1.54, 1.807) is 12.1 Å². The lowest BCUT2D eigenvalue weighted by Gasteiger charge is -2.21. The van der Waals surface area contributed by atoms with E-state index in [0.29, 0.717) is 30.5 Å². The number of sulfone groups is 1. The zero-order chi connectivity index (χ0) is 24.2. The van der Waals surface area contributed by atoms with Crippen molar-refractivity contribution in [2.75, 3.05) is 10.2 Å². The van der Waals surface area contributed by atoms with Gasteiger partial charge in [0.05, 0.1) is 10.6 Å². The lowest BCUT2D eigenvalue weighted by molar-refractivity contribution is -0.121. The van der Waals surface area contributed by atoms with Crippen LogP contribution in [0.15, 0.2) is 47.5 Å². The topological polar surface area (TPSA) is 117 Å². The largest absolute Gasteiger partial charge is 0.501 e. The number of nitrogens with zero attached hydrogens (tertiary/aromatic N) is 3. The molecule has 1 aromatic carbocycles. The van der Waals surface area contributed by atoms with Crippen molar-refractivity contribution >= 4 is 39.2 Å². The summed E-state index contributed by atoms with van der Waals surface area (Å²) in [7, 11) is -5.55. The van der Waals surface area contributed by atoms with E-state index in [4.69, 9.17) is 0 Å². The Balaban J connectivity index is 1.61. The van der Waals surface area contributed by atoms with Crippen LogP contribution in [0.25, 0.3) is 0 Å². The molecule has 2 aliphatic rings.